The molecule has 0 unspecified atom stereocenters. The van der Waals surface area contributed by atoms with Crippen molar-refractivity contribution >= 4 is 21.7 Å². The number of aromatic amines is 1. The zero-order valence-corrected chi connectivity index (χ0v) is 17.1. The largest absolute Gasteiger partial charge is 0.462 e. The number of benzene rings is 2. The minimum Gasteiger partial charge on any atom is -0.462 e. The van der Waals surface area contributed by atoms with Crippen molar-refractivity contribution in [3.8, 4) is 11.5 Å². The molecule has 0 saturated heterocycles. The fraction of sp³-hybridized carbons (Fsp3) is 0.158. The summed E-state index contributed by atoms with van der Waals surface area (Å²) in [6.07, 6.45) is -3.76. The van der Waals surface area contributed by atoms with Crippen molar-refractivity contribution in [1.82, 2.24) is 10.2 Å². The Balaban J connectivity index is 1.84. The van der Waals surface area contributed by atoms with Crippen molar-refractivity contribution in [2.75, 3.05) is 11.3 Å². The summed E-state index contributed by atoms with van der Waals surface area (Å²) in [5.74, 6) is -3.24. The number of hydrogen-bond acceptors (Lipinski definition) is 6. The molecule has 2 N–H and O–H groups in total. The Morgan fingerprint density at radius 1 is 1.16 bits per heavy atom. The second-order valence-corrected chi connectivity index (χ2v) is 7.80. The third-order valence-corrected chi connectivity index (χ3v) is 5.32. The Morgan fingerprint density at radius 3 is 2.53 bits per heavy atom. The molecule has 32 heavy (non-hydrogen) atoms. The third kappa shape index (κ3) is 4.99. The molecule has 0 aliphatic rings. The average molecular weight is 473 g/mol. The van der Waals surface area contributed by atoms with Gasteiger partial charge in [-0.1, -0.05) is 12.1 Å². The first-order valence-electron chi connectivity index (χ1n) is 8.90. The number of sulfonamides is 1. The van der Waals surface area contributed by atoms with Crippen LogP contribution in [0.3, 0.4) is 0 Å². The molecule has 8 nitrogen and oxygen atoms in total. The highest BCUT2D eigenvalue weighted by molar-refractivity contribution is 7.92. The molecule has 0 bridgehead atoms. The van der Waals surface area contributed by atoms with Gasteiger partial charge in [-0.05, 0) is 31.2 Å². The van der Waals surface area contributed by atoms with Crippen LogP contribution in [0.4, 0.5) is 23.2 Å². The number of nitrogens with one attached hydrogen (secondary N) is 2. The van der Waals surface area contributed by atoms with Crippen molar-refractivity contribution in [1.29, 1.82) is 0 Å². The number of halogens is 4. The molecule has 3 rings (SSSR count). The van der Waals surface area contributed by atoms with Crippen LogP contribution in [-0.4, -0.2) is 31.2 Å². The Hall–Kier alpha value is -3.61. The predicted octanol–water partition coefficient (Wildman–Crippen LogP) is 4.34. The summed E-state index contributed by atoms with van der Waals surface area (Å²) in [4.78, 5) is 11.9. The number of carbonyl (C=O) groups excluding carboxylic acids is 1. The van der Waals surface area contributed by atoms with Crippen LogP contribution < -0.4 is 9.46 Å². The summed E-state index contributed by atoms with van der Waals surface area (Å²) < 4.78 is 90.7. The van der Waals surface area contributed by atoms with Gasteiger partial charge in [-0.15, -0.1) is 0 Å². The van der Waals surface area contributed by atoms with Gasteiger partial charge in [0.1, 0.15) is 11.3 Å². The first-order valence-corrected chi connectivity index (χ1v) is 10.4. The number of hydrogen-bond donors (Lipinski definition) is 2. The van der Waals surface area contributed by atoms with Crippen LogP contribution in [0, 0.1) is 5.82 Å². The molecule has 13 heteroatoms. The number of ether oxygens (including phenoxy) is 2. The van der Waals surface area contributed by atoms with Gasteiger partial charge in [0.15, 0.2) is 16.6 Å². The predicted molar refractivity (Wildman–Crippen MR) is 103 cm³/mol. The number of anilines is 1. The van der Waals surface area contributed by atoms with E-state index in [4.69, 9.17) is 9.47 Å². The van der Waals surface area contributed by atoms with E-state index in [1.165, 1.54) is 13.0 Å². The number of para-hydroxylation sites is 1. The van der Waals surface area contributed by atoms with E-state index in [0.29, 0.717) is 6.07 Å². The van der Waals surface area contributed by atoms with Crippen LogP contribution in [0.2, 0.25) is 0 Å². The first kappa shape index (κ1) is 23.1. The molecular formula is C19H15F4N3O5S. The number of carbonyl (C=O) groups is 1. The van der Waals surface area contributed by atoms with Gasteiger partial charge in [-0.25, -0.2) is 9.18 Å². The molecule has 0 atom stereocenters. The number of alkyl halides is 3. The van der Waals surface area contributed by atoms with Crippen LogP contribution in [0.15, 0.2) is 53.7 Å². The third-order valence-electron chi connectivity index (χ3n) is 3.96. The second-order valence-electron chi connectivity index (χ2n) is 6.18. The van der Waals surface area contributed by atoms with Crippen LogP contribution >= 0.6 is 0 Å². The number of H-pyrrole nitrogens is 1. The Kier molecular flexibility index (Phi) is 6.39. The van der Waals surface area contributed by atoms with Crippen molar-refractivity contribution in [2.45, 2.75) is 18.1 Å². The van der Waals surface area contributed by atoms with Crippen LogP contribution in [0.25, 0.3) is 0 Å². The molecule has 0 radical (unpaired) electrons. The van der Waals surface area contributed by atoms with Crippen LogP contribution in [-0.2, 0) is 20.9 Å². The maximum atomic E-state index is 14.5. The lowest BCUT2D eigenvalue weighted by atomic mass is 10.2. The second kappa shape index (κ2) is 8.86. The quantitative estimate of drug-likeness (QED) is 0.390. The fourth-order valence-corrected chi connectivity index (χ4v) is 3.73. The summed E-state index contributed by atoms with van der Waals surface area (Å²) in [5, 5.41) is 5.07. The van der Waals surface area contributed by atoms with E-state index in [1.54, 1.807) is 0 Å². The molecule has 1 heterocycles. The van der Waals surface area contributed by atoms with Gasteiger partial charge < -0.3 is 9.47 Å². The van der Waals surface area contributed by atoms with Gasteiger partial charge >= 0.3 is 12.1 Å². The Labute approximate surface area is 179 Å². The van der Waals surface area contributed by atoms with E-state index in [2.05, 4.69) is 10.2 Å². The highest BCUT2D eigenvalue weighted by Gasteiger charge is 2.34. The Morgan fingerprint density at radius 2 is 1.88 bits per heavy atom. The van der Waals surface area contributed by atoms with Crippen molar-refractivity contribution in [3.63, 3.8) is 0 Å². The first-order chi connectivity index (χ1) is 15.0. The topological polar surface area (TPSA) is 110 Å². The van der Waals surface area contributed by atoms with E-state index in [9.17, 15) is 30.8 Å². The number of aromatic nitrogens is 2. The summed E-state index contributed by atoms with van der Waals surface area (Å²) >= 11 is 0. The number of rotatable bonds is 7. The molecular weight excluding hydrogens is 458 g/mol. The summed E-state index contributed by atoms with van der Waals surface area (Å²) in [6, 6.07) is 6.99. The highest BCUT2D eigenvalue weighted by Crippen LogP contribution is 2.38. The lowest BCUT2D eigenvalue weighted by Crippen LogP contribution is -2.17. The average Bonchev–Trinajstić information content (AvgIpc) is 3.21. The van der Waals surface area contributed by atoms with Gasteiger partial charge in [0.25, 0.3) is 10.0 Å². The van der Waals surface area contributed by atoms with E-state index in [-0.39, 0.29) is 17.9 Å². The van der Waals surface area contributed by atoms with Crippen molar-refractivity contribution in [2.24, 2.45) is 0 Å². The monoisotopic (exact) mass is 473 g/mol. The summed E-state index contributed by atoms with van der Waals surface area (Å²) in [6.45, 7) is 1.53. The van der Waals surface area contributed by atoms with Crippen LogP contribution in [0.1, 0.15) is 22.8 Å². The standard InChI is InChI=1S/C19H15F4N3O5S/c1-2-30-18(27)12-10-24-25-17(12)32(28,29)26-11-7-8-16(14(20)9-11)31-15-6-4-3-5-13(15)19(21,22)23/h3-10,26H,2H2,1H3,(H,24,25). The fourth-order valence-electron chi connectivity index (χ4n) is 2.59. The Bertz CT molecular complexity index is 1240. The molecule has 0 amide bonds. The molecule has 1 aromatic heterocycles. The lowest BCUT2D eigenvalue weighted by molar-refractivity contribution is -0.138. The molecule has 0 spiro atoms. The molecule has 3 aromatic rings. The van der Waals surface area contributed by atoms with E-state index >= 15 is 0 Å². The van der Waals surface area contributed by atoms with Gasteiger partial charge in [-0.2, -0.15) is 26.7 Å². The van der Waals surface area contributed by atoms with Gasteiger partial charge in [-0.3, -0.25) is 9.82 Å². The number of esters is 1. The summed E-state index contributed by atoms with van der Waals surface area (Å²) in [5.41, 5.74) is -1.73. The maximum Gasteiger partial charge on any atom is 0.419 e. The van der Waals surface area contributed by atoms with Crippen LogP contribution in [0.5, 0.6) is 11.5 Å². The van der Waals surface area contributed by atoms with E-state index in [1.807, 2.05) is 4.72 Å². The number of nitrogens with zero attached hydrogens (tertiary/aromatic N) is 1. The van der Waals surface area contributed by atoms with Gasteiger partial charge in [0, 0.05) is 6.07 Å². The van der Waals surface area contributed by atoms with Crippen molar-refractivity contribution < 1.29 is 40.2 Å². The molecule has 170 valence electrons. The summed E-state index contributed by atoms with van der Waals surface area (Å²) in [7, 11) is -4.40. The minimum absolute atomic E-state index is 0.00106. The van der Waals surface area contributed by atoms with E-state index in [0.717, 1.165) is 36.5 Å². The van der Waals surface area contributed by atoms with Gasteiger partial charge in [0.2, 0.25) is 0 Å². The van der Waals surface area contributed by atoms with Gasteiger partial charge in [0.05, 0.1) is 24.1 Å². The molecule has 0 aliphatic carbocycles. The molecule has 2 aromatic carbocycles. The zero-order chi connectivity index (χ0) is 23.5. The molecule has 0 saturated carbocycles. The normalized spacial score (nSPS) is 11.8. The minimum atomic E-state index is -4.72. The zero-order valence-electron chi connectivity index (χ0n) is 16.2. The SMILES string of the molecule is CCOC(=O)c1cn[nH]c1S(=O)(=O)Nc1ccc(Oc2ccccc2C(F)(F)F)c(F)c1. The smallest absolute Gasteiger partial charge is 0.419 e. The maximum absolute atomic E-state index is 14.5. The molecule has 0 aliphatic heterocycles. The van der Waals surface area contributed by atoms with Crippen molar-refractivity contribution in [3.05, 3.63) is 65.6 Å². The highest BCUT2D eigenvalue weighted by atomic mass is 32.2. The van der Waals surface area contributed by atoms with E-state index < -0.39 is 50.1 Å². The lowest BCUT2D eigenvalue weighted by Gasteiger charge is -2.14. The molecule has 0 fully saturated rings.